The molecule has 0 spiro atoms. The Morgan fingerprint density at radius 3 is 2.10 bits per heavy atom. The Kier molecular flexibility index (Phi) is 6.44. The molecule has 0 unspecified atom stereocenters. The van der Waals surface area contributed by atoms with E-state index in [4.69, 9.17) is 0 Å². The summed E-state index contributed by atoms with van der Waals surface area (Å²) >= 11 is 0. The molecule has 2 aromatic carbocycles. The third-order valence-corrected chi connectivity index (χ3v) is 5.57. The van der Waals surface area contributed by atoms with Gasteiger partial charge in [-0.15, -0.1) is 0 Å². The van der Waals surface area contributed by atoms with E-state index in [1.165, 1.54) is 24.3 Å². The number of piperidine rings is 1. The Balaban J connectivity index is 1.52. The summed E-state index contributed by atoms with van der Waals surface area (Å²) < 4.78 is 37.9. The molecule has 0 saturated carbocycles. The lowest BCUT2D eigenvalue weighted by molar-refractivity contribution is 0.0805. The van der Waals surface area contributed by atoms with E-state index in [1.807, 2.05) is 4.90 Å². The topological polar surface area (TPSA) is 83.6 Å². The van der Waals surface area contributed by atoms with Crippen LogP contribution in [-0.4, -0.2) is 50.8 Å². The quantitative estimate of drug-likeness (QED) is 0.699. The number of Topliss-reactive ketones (excluding diaryl/α,β-unsaturated/α-hetero) is 2. The van der Waals surface area contributed by atoms with Gasteiger partial charge in [-0.1, -0.05) is 0 Å². The maximum Gasteiger partial charge on any atom is 0.229 e. The van der Waals surface area contributed by atoms with Crippen molar-refractivity contribution in [2.45, 2.75) is 12.8 Å². The number of ketones is 2. The van der Waals surface area contributed by atoms with Gasteiger partial charge in [-0.25, -0.2) is 12.8 Å². The number of rotatable bonds is 7. The molecule has 1 fully saturated rings. The highest BCUT2D eigenvalue weighted by molar-refractivity contribution is 7.92. The molecule has 1 saturated heterocycles. The van der Waals surface area contributed by atoms with E-state index < -0.39 is 10.0 Å². The summed E-state index contributed by atoms with van der Waals surface area (Å²) in [6.45, 7) is 1.52. The SMILES string of the molecule is CS(=O)(=O)Nc1ccc(C(=O)C2CCN(CC(=O)c3ccc(F)cc3)CC2)cc1. The van der Waals surface area contributed by atoms with Crippen LogP contribution < -0.4 is 4.72 Å². The van der Waals surface area contributed by atoms with E-state index in [9.17, 15) is 22.4 Å². The number of anilines is 1. The number of carbonyl (C=O) groups is 2. The molecule has 0 atom stereocenters. The Labute approximate surface area is 169 Å². The summed E-state index contributed by atoms with van der Waals surface area (Å²) in [5.41, 5.74) is 1.44. The second kappa shape index (κ2) is 8.84. The predicted molar refractivity (Wildman–Crippen MR) is 109 cm³/mol. The highest BCUT2D eigenvalue weighted by Crippen LogP contribution is 2.23. The minimum absolute atomic E-state index is 0.0282. The van der Waals surface area contributed by atoms with Crippen molar-refractivity contribution in [3.05, 3.63) is 65.5 Å². The van der Waals surface area contributed by atoms with Gasteiger partial charge in [-0.05, 0) is 74.5 Å². The molecule has 6 nitrogen and oxygen atoms in total. The van der Waals surface area contributed by atoms with Gasteiger partial charge in [-0.2, -0.15) is 0 Å². The first-order valence-corrected chi connectivity index (χ1v) is 11.2. The molecule has 154 valence electrons. The molecular weight excluding hydrogens is 395 g/mol. The van der Waals surface area contributed by atoms with Crippen molar-refractivity contribution in [2.24, 2.45) is 5.92 Å². The van der Waals surface area contributed by atoms with Crippen LogP contribution >= 0.6 is 0 Å². The summed E-state index contributed by atoms with van der Waals surface area (Å²) in [6.07, 6.45) is 2.37. The van der Waals surface area contributed by atoms with E-state index in [0.29, 0.717) is 42.7 Å². The van der Waals surface area contributed by atoms with Crippen LogP contribution in [0.4, 0.5) is 10.1 Å². The Morgan fingerprint density at radius 2 is 1.55 bits per heavy atom. The molecule has 1 aliphatic heterocycles. The fraction of sp³-hybridized carbons (Fsp3) is 0.333. The summed E-state index contributed by atoms with van der Waals surface area (Å²) in [4.78, 5) is 27.0. The largest absolute Gasteiger partial charge is 0.296 e. The highest BCUT2D eigenvalue weighted by atomic mass is 32.2. The van der Waals surface area contributed by atoms with Crippen molar-refractivity contribution in [3.8, 4) is 0 Å². The van der Waals surface area contributed by atoms with Crippen molar-refractivity contribution in [3.63, 3.8) is 0 Å². The molecule has 0 amide bonds. The molecule has 1 heterocycles. The molecule has 1 N–H and O–H groups in total. The van der Waals surface area contributed by atoms with Crippen molar-refractivity contribution in [1.82, 2.24) is 4.90 Å². The van der Waals surface area contributed by atoms with Gasteiger partial charge in [0, 0.05) is 22.7 Å². The number of hydrogen-bond acceptors (Lipinski definition) is 5. The number of nitrogens with zero attached hydrogens (tertiary/aromatic N) is 1. The van der Waals surface area contributed by atoms with E-state index in [1.54, 1.807) is 24.3 Å². The maximum absolute atomic E-state index is 13.0. The summed E-state index contributed by atoms with van der Waals surface area (Å²) in [6, 6.07) is 11.9. The van der Waals surface area contributed by atoms with Crippen LogP contribution in [0.3, 0.4) is 0 Å². The van der Waals surface area contributed by atoms with Gasteiger partial charge >= 0.3 is 0 Å². The number of likely N-dealkylation sites (tertiary alicyclic amines) is 1. The lowest BCUT2D eigenvalue weighted by Crippen LogP contribution is -2.39. The average Bonchev–Trinajstić information content (AvgIpc) is 2.68. The van der Waals surface area contributed by atoms with Gasteiger partial charge in [0.25, 0.3) is 0 Å². The summed E-state index contributed by atoms with van der Waals surface area (Å²) in [5, 5.41) is 0. The maximum atomic E-state index is 13.0. The van der Waals surface area contributed by atoms with Crippen LogP contribution in [0, 0.1) is 11.7 Å². The normalized spacial score (nSPS) is 15.8. The predicted octanol–water partition coefficient (Wildman–Crippen LogP) is 2.97. The molecule has 0 radical (unpaired) electrons. The molecular formula is C21H23FN2O4S. The lowest BCUT2D eigenvalue weighted by atomic mass is 9.88. The number of halogens is 1. The van der Waals surface area contributed by atoms with Gasteiger partial charge in [0.15, 0.2) is 11.6 Å². The van der Waals surface area contributed by atoms with Gasteiger partial charge in [-0.3, -0.25) is 19.2 Å². The Bertz CT molecular complexity index is 980. The second-order valence-corrected chi connectivity index (χ2v) is 9.04. The van der Waals surface area contributed by atoms with Gasteiger partial charge in [0.05, 0.1) is 12.8 Å². The van der Waals surface area contributed by atoms with Crippen LogP contribution in [0.1, 0.15) is 33.6 Å². The summed E-state index contributed by atoms with van der Waals surface area (Å²) in [5.74, 6) is -0.536. The number of nitrogens with one attached hydrogen (secondary N) is 1. The first-order valence-electron chi connectivity index (χ1n) is 9.34. The van der Waals surface area contributed by atoms with Gasteiger partial charge < -0.3 is 0 Å². The van der Waals surface area contributed by atoms with Crippen LogP contribution in [0.25, 0.3) is 0 Å². The van der Waals surface area contributed by atoms with Crippen LogP contribution in [-0.2, 0) is 10.0 Å². The third kappa shape index (κ3) is 5.95. The fourth-order valence-corrected chi connectivity index (χ4v) is 4.00. The number of carbonyl (C=O) groups excluding carboxylic acids is 2. The molecule has 0 aliphatic carbocycles. The zero-order valence-corrected chi connectivity index (χ0v) is 16.9. The first-order chi connectivity index (χ1) is 13.7. The molecule has 0 aromatic heterocycles. The lowest BCUT2D eigenvalue weighted by Gasteiger charge is -2.30. The zero-order chi connectivity index (χ0) is 21.0. The van der Waals surface area contributed by atoms with Crippen LogP contribution in [0.15, 0.2) is 48.5 Å². The second-order valence-electron chi connectivity index (χ2n) is 7.30. The first kappa shape index (κ1) is 21.1. The van der Waals surface area contributed by atoms with E-state index in [-0.39, 0.29) is 29.8 Å². The summed E-state index contributed by atoms with van der Waals surface area (Å²) in [7, 11) is -3.36. The van der Waals surface area contributed by atoms with Gasteiger partial charge in [0.2, 0.25) is 10.0 Å². The third-order valence-electron chi connectivity index (χ3n) is 4.96. The zero-order valence-electron chi connectivity index (χ0n) is 16.1. The smallest absolute Gasteiger partial charge is 0.229 e. The van der Waals surface area contributed by atoms with Crippen molar-refractivity contribution in [2.75, 3.05) is 30.6 Å². The fourth-order valence-electron chi connectivity index (χ4n) is 3.44. The Hall–Kier alpha value is -2.58. The van der Waals surface area contributed by atoms with Gasteiger partial charge in [0.1, 0.15) is 5.82 Å². The van der Waals surface area contributed by atoms with Crippen molar-refractivity contribution in [1.29, 1.82) is 0 Å². The highest BCUT2D eigenvalue weighted by Gasteiger charge is 2.26. The van der Waals surface area contributed by atoms with E-state index in [2.05, 4.69) is 4.72 Å². The number of sulfonamides is 1. The number of benzene rings is 2. The van der Waals surface area contributed by atoms with Crippen molar-refractivity contribution < 1.29 is 22.4 Å². The molecule has 0 bridgehead atoms. The molecule has 29 heavy (non-hydrogen) atoms. The Morgan fingerprint density at radius 1 is 1.00 bits per heavy atom. The van der Waals surface area contributed by atoms with Crippen LogP contribution in [0.2, 0.25) is 0 Å². The minimum Gasteiger partial charge on any atom is -0.296 e. The molecule has 1 aliphatic rings. The number of hydrogen-bond donors (Lipinski definition) is 1. The average molecular weight is 418 g/mol. The van der Waals surface area contributed by atoms with Crippen LogP contribution in [0.5, 0.6) is 0 Å². The standard InChI is InChI=1S/C21H23FN2O4S/c1-29(27,28)23-19-8-4-16(5-9-19)21(26)17-10-12-24(13-11-17)14-20(25)15-2-6-18(22)7-3-15/h2-9,17,23H,10-14H2,1H3. The molecule has 8 heteroatoms. The van der Waals surface area contributed by atoms with Crippen molar-refractivity contribution >= 4 is 27.3 Å². The monoisotopic (exact) mass is 418 g/mol. The molecule has 3 rings (SSSR count). The van der Waals surface area contributed by atoms with E-state index in [0.717, 1.165) is 6.26 Å². The minimum atomic E-state index is -3.36. The molecule has 2 aromatic rings. The van der Waals surface area contributed by atoms with E-state index >= 15 is 0 Å².